The number of hydrogen-bond acceptors (Lipinski definition) is 4. The van der Waals surface area contributed by atoms with Gasteiger partial charge in [-0.2, -0.15) is 0 Å². The molecule has 1 aromatic rings. The molecule has 1 atom stereocenters. The Hall–Kier alpha value is -1.85. The second-order valence-corrected chi connectivity index (χ2v) is 8.36. The number of likely N-dealkylation sites (tertiary alicyclic amines) is 2. The minimum Gasteiger partial charge on any atom is -0.351 e. The Balaban J connectivity index is 1.68. The number of rotatable bonds is 5. The van der Waals surface area contributed by atoms with Crippen LogP contribution >= 0.6 is 0 Å². The third kappa shape index (κ3) is 4.10. The molecule has 1 aromatic heterocycles. The lowest BCUT2D eigenvalue weighted by Crippen LogP contribution is -2.55. The Labute approximate surface area is 155 Å². The summed E-state index contributed by atoms with van der Waals surface area (Å²) in [5.74, 6) is 1.12. The molecule has 2 amide bonds. The first-order valence-corrected chi connectivity index (χ1v) is 9.95. The third-order valence-electron chi connectivity index (χ3n) is 5.81. The monoisotopic (exact) mass is 361 g/mol. The van der Waals surface area contributed by atoms with E-state index in [-0.39, 0.29) is 17.2 Å². The van der Waals surface area contributed by atoms with Gasteiger partial charge in [0.25, 0.3) is 5.91 Å². The van der Waals surface area contributed by atoms with Crippen LogP contribution in [0, 0.1) is 11.3 Å². The molecule has 0 bridgehead atoms. The lowest BCUT2D eigenvalue weighted by Gasteiger charge is -2.48. The quantitative estimate of drug-likeness (QED) is 0.808. The molecule has 144 valence electrons. The molecule has 2 aliphatic rings. The molecule has 2 aliphatic heterocycles. The smallest absolute Gasteiger partial charge is 0.292 e. The predicted octanol–water partition coefficient (Wildman–Crippen LogP) is 3.13. The molecule has 0 saturated carbocycles. The van der Waals surface area contributed by atoms with Gasteiger partial charge in [-0.15, -0.1) is 0 Å². The largest absolute Gasteiger partial charge is 0.351 e. The normalized spacial score (nSPS) is 23.9. The van der Waals surface area contributed by atoms with Crippen LogP contribution in [0.3, 0.4) is 0 Å². The highest BCUT2D eigenvalue weighted by molar-refractivity contribution is 5.91. The molecule has 0 unspecified atom stereocenters. The Kier molecular flexibility index (Phi) is 5.68. The van der Waals surface area contributed by atoms with Gasteiger partial charge in [-0.25, -0.2) is 0 Å². The first-order valence-electron chi connectivity index (χ1n) is 9.95. The molecule has 3 heterocycles. The first-order chi connectivity index (χ1) is 12.4. The van der Waals surface area contributed by atoms with E-state index in [1.165, 1.54) is 0 Å². The number of piperidine rings is 2. The SMILES string of the molecule is CCc1cc(C(=O)N2CCC[C@]3(CCC(=O)N(CCC(C)C)C3)C2)on1. The van der Waals surface area contributed by atoms with Crippen molar-refractivity contribution in [3.05, 3.63) is 17.5 Å². The van der Waals surface area contributed by atoms with Crippen molar-refractivity contribution in [3.63, 3.8) is 0 Å². The van der Waals surface area contributed by atoms with Crippen molar-refractivity contribution in [1.82, 2.24) is 15.0 Å². The fourth-order valence-corrected chi connectivity index (χ4v) is 4.17. The van der Waals surface area contributed by atoms with Crippen LogP contribution in [0.2, 0.25) is 0 Å². The van der Waals surface area contributed by atoms with Crippen molar-refractivity contribution in [2.24, 2.45) is 11.3 Å². The van der Waals surface area contributed by atoms with Gasteiger partial charge in [-0.3, -0.25) is 9.59 Å². The Morgan fingerprint density at radius 3 is 2.85 bits per heavy atom. The molecule has 6 nitrogen and oxygen atoms in total. The summed E-state index contributed by atoms with van der Waals surface area (Å²) in [5.41, 5.74) is 0.843. The molecular weight excluding hydrogens is 330 g/mol. The zero-order chi connectivity index (χ0) is 18.7. The number of aromatic nitrogens is 1. The summed E-state index contributed by atoms with van der Waals surface area (Å²) in [6, 6.07) is 1.75. The average molecular weight is 361 g/mol. The average Bonchev–Trinajstić information content (AvgIpc) is 3.11. The summed E-state index contributed by atoms with van der Waals surface area (Å²) in [7, 11) is 0. The van der Waals surface area contributed by atoms with E-state index in [0.717, 1.165) is 57.4 Å². The van der Waals surface area contributed by atoms with E-state index in [9.17, 15) is 9.59 Å². The number of carbonyl (C=O) groups is 2. The van der Waals surface area contributed by atoms with E-state index in [0.29, 0.717) is 24.6 Å². The molecule has 6 heteroatoms. The first kappa shape index (κ1) is 18.9. The molecule has 2 saturated heterocycles. The number of amides is 2. The van der Waals surface area contributed by atoms with E-state index in [1.54, 1.807) is 6.07 Å². The summed E-state index contributed by atoms with van der Waals surface area (Å²) in [6.07, 6.45) is 5.33. The molecule has 3 rings (SSSR count). The van der Waals surface area contributed by atoms with E-state index in [1.807, 2.05) is 16.7 Å². The summed E-state index contributed by atoms with van der Waals surface area (Å²) < 4.78 is 5.24. The summed E-state index contributed by atoms with van der Waals surface area (Å²) in [6.45, 7) is 9.43. The topological polar surface area (TPSA) is 66.7 Å². The second kappa shape index (κ2) is 7.80. The van der Waals surface area contributed by atoms with E-state index in [2.05, 4.69) is 19.0 Å². The Morgan fingerprint density at radius 2 is 2.15 bits per heavy atom. The number of aryl methyl sites for hydroxylation is 1. The standard InChI is InChI=1S/C20H31N3O3/c1-4-16-12-17(26-21-16)19(25)23-10-5-8-20(14-23)9-6-18(24)22(13-20)11-7-15(2)3/h12,15H,4-11,13-14H2,1-3H3/t20-/m1/s1. The highest BCUT2D eigenvalue weighted by Gasteiger charge is 2.43. The summed E-state index contributed by atoms with van der Waals surface area (Å²) >= 11 is 0. The lowest BCUT2D eigenvalue weighted by molar-refractivity contribution is -0.139. The Bertz CT molecular complexity index is 654. The van der Waals surface area contributed by atoms with Crippen LogP contribution in [0.4, 0.5) is 0 Å². The minimum absolute atomic E-state index is 0.0341. The van der Waals surface area contributed by atoms with Gasteiger partial charge in [0, 0.05) is 44.1 Å². The van der Waals surface area contributed by atoms with Crippen molar-refractivity contribution in [2.75, 3.05) is 26.2 Å². The van der Waals surface area contributed by atoms with Crippen LogP contribution in [0.25, 0.3) is 0 Å². The fourth-order valence-electron chi connectivity index (χ4n) is 4.17. The van der Waals surface area contributed by atoms with Crippen molar-refractivity contribution >= 4 is 11.8 Å². The van der Waals surface area contributed by atoms with Gasteiger partial charge in [0.05, 0.1) is 5.69 Å². The zero-order valence-electron chi connectivity index (χ0n) is 16.3. The molecule has 0 aromatic carbocycles. The van der Waals surface area contributed by atoms with Gasteiger partial charge in [0.15, 0.2) is 0 Å². The van der Waals surface area contributed by atoms with Crippen LogP contribution in [-0.2, 0) is 11.2 Å². The van der Waals surface area contributed by atoms with E-state index < -0.39 is 0 Å². The number of hydrogen-bond donors (Lipinski definition) is 0. The molecule has 2 fully saturated rings. The summed E-state index contributed by atoms with van der Waals surface area (Å²) in [4.78, 5) is 29.1. The molecule has 0 N–H and O–H groups in total. The van der Waals surface area contributed by atoms with Gasteiger partial charge < -0.3 is 14.3 Å². The van der Waals surface area contributed by atoms with Gasteiger partial charge in [0.1, 0.15) is 0 Å². The van der Waals surface area contributed by atoms with Crippen LogP contribution in [0.1, 0.15) is 69.1 Å². The van der Waals surface area contributed by atoms with Crippen molar-refractivity contribution < 1.29 is 14.1 Å². The predicted molar refractivity (Wildman–Crippen MR) is 98.7 cm³/mol. The minimum atomic E-state index is -0.0677. The van der Waals surface area contributed by atoms with Crippen molar-refractivity contribution in [1.29, 1.82) is 0 Å². The molecule has 1 spiro atoms. The zero-order valence-corrected chi connectivity index (χ0v) is 16.3. The molecular formula is C20H31N3O3. The van der Waals surface area contributed by atoms with Gasteiger partial charge in [-0.1, -0.05) is 25.9 Å². The highest BCUT2D eigenvalue weighted by atomic mass is 16.5. The number of nitrogens with zero attached hydrogens (tertiary/aromatic N) is 3. The van der Waals surface area contributed by atoms with Crippen molar-refractivity contribution in [3.8, 4) is 0 Å². The third-order valence-corrected chi connectivity index (χ3v) is 5.81. The van der Waals surface area contributed by atoms with Crippen LogP contribution in [-0.4, -0.2) is 52.9 Å². The van der Waals surface area contributed by atoms with Gasteiger partial charge in [-0.05, 0) is 38.0 Å². The van der Waals surface area contributed by atoms with Gasteiger partial charge >= 0.3 is 0 Å². The van der Waals surface area contributed by atoms with Gasteiger partial charge in [0.2, 0.25) is 11.7 Å². The van der Waals surface area contributed by atoms with Crippen LogP contribution in [0.5, 0.6) is 0 Å². The Morgan fingerprint density at radius 1 is 1.35 bits per heavy atom. The van der Waals surface area contributed by atoms with Crippen LogP contribution in [0.15, 0.2) is 10.6 Å². The van der Waals surface area contributed by atoms with E-state index in [4.69, 9.17) is 4.52 Å². The molecule has 0 aliphatic carbocycles. The molecule has 0 radical (unpaired) electrons. The van der Waals surface area contributed by atoms with E-state index >= 15 is 0 Å². The lowest BCUT2D eigenvalue weighted by atomic mass is 9.73. The maximum absolute atomic E-state index is 12.8. The second-order valence-electron chi connectivity index (χ2n) is 8.36. The molecule has 26 heavy (non-hydrogen) atoms. The number of carbonyl (C=O) groups excluding carboxylic acids is 2. The summed E-state index contributed by atoms with van der Waals surface area (Å²) in [5, 5.41) is 3.94. The fraction of sp³-hybridized carbons (Fsp3) is 0.750. The van der Waals surface area contributed by atoms with Crippen molar-refractivity contribution in [2.45, 2.75) is 59.3 Å². The maximum Gasteiger partial charge on any atom is 0.292 e. The maximum atomic E-state index is 12.8. The highest BCUT2D eigenvalue weighted by Crippen LogP contribution is 2.39. The van der Waals surface area contributed by atoms with Crippen LogP contribution < -0.4 is 0 Å².